The van der Waals surface area contributed by atoms with Gasteiger partial charge in [0, 0.05) is 38.0 Å². The predicted octanol–water partition coefficient (Wildman–Crippen LogP) is 2.45. The van der Waals surface area contributed by atoms with Gasteiger partial charge in [-0.2, -0.15) is 14.6 Å². The van der Waals surface area contributed by atoms with Crippen LogP contribution in [0, 0.1) is 0 Å². The Balaban J connectivity index is 1.50. The molecule has 2 aromatic heterocycles. The molecule has 3 aromatic rings. The summed E-state index contributed by atoms with van der Waals surface area (Å²) in [4.78, 5) is 23.3. The number of hydrogen-bond donors (Lipinski definition) is 2. The molecule has 0 aliphatic carbocycles. The van der Waals surface area contributed by atoms with E-state index in [-0.39, 0.29) is 12.1 Å². The van der Waals surface area contributed by atoms with Crippen LogP contribution in [-0.2, 0) is 11.3 Å². The highest BCUT2D eigenvalue weighted by Crippen LogP contribution is 2.25. The number of fused-ring (bicyclic) bond motifs is 1. The standard InChI is InChI=1S/C20H25N7O2/c1-29-13-16-11-18(27-19(24-16)22-14-23-27)26-10-6-5-9-17(26)12-21-20(28)25-15-7-3-2-4-8-15/h2-4,7-8,11,14,17H,5-6,9-10,12-13H2,1H3,(H2,21,25,28). The molecule has 2 amide bonds. The van der Waals surface area contributed by atoms with Gasteiger partial charge in [0.15, 0.2) is 0 Å². The van der Waals surface area contributed by atoms with Gasteiger partial charge in [-0.15, -0.1) is 0 Å². The average Bonchev–Trinajstić information content (AvgIpc) is 3.22. The van der Waals surface area contributed by atoms with E-state index >= 15 is 0 Å². The quantitative estimate of drug-likeness (QED) is 0.666. The molecule has 9 heteroatoms. The lowest BCUT2D eigenvalue weighted by Gasteiger charge is -2.37. The van der Waals surface area contributed by atoms with E-state index in [1.165, 1.54) is 6.33 Å². The fourth-order valence-corrected chi connectivity index (χ4v) is 3.69. The van der Waals surface area contributed by atoms with Gasteiger partial charge in [-0.1, -0.05) is 18.2 Å². The smallest absolute Gasteiger partial charge is 0.319 e. The number of piperidine rings is 1. The lowest BCUT2D eigenvalue weighted by atomic mass is 10.0. The first-order chi connectivity index (χ1) is 14.2. The molecule has 0 spiro atoms. The van der Waals surface area contributed by atoms with E-state index in [0.717, 1.165) is 43.0 Å². The molecule has 1 fully saturated rings. The summed E-state index contributed by atoms with van der Waals surface area (Å²) in [6.45, 7) is 1.83. The molecule has 2 N–H and O–H groups in total. The third-order valence-corrected chi connectivity index (χ3v) is 5.03. The van der Waals surface area contributed by atoms with Gasteiger partial charge in [-0.25, -0.2) is 9.78 Å². The van der Waals surface area contributed by atoms with E-state index in [1.807, 2.05) is 36.4 Å². The highest BCUT2D eigenvalue weighted by molar-refractivity contribution is 5.89. The first-order valence-corrected chi connectivity index (χ1v) is 9.80. The van der Waals surface area contributed by atoms with E-state index in [0.29, 0.717) is 18.9 Å². The second-order valence-corrected chi connectivity index (χ2v) is 7.05. The van der Waals surface area contributed by atoms with Gasteiger partial charge in [-0.05, 0) is 31.4 Å². The molecule has 1 saturated heterocycles. The molecule has 0 radical (unpaired) electrons. The lowest BCUT2D eigenvalue weighted by Crippen LogP contribution is -2.48. The first-order valence-electron chi connectivity index (χ1n) is 9.80. The van der Waals surface area contributed by atoms with Crippen LogP contribution in [-0.4, -0.2) is 51.9 Å². The fraction of sp³-hybridized carbons (Fsp3) is 0.400. The molecule has 4 rings (SSSR count). The van der Waals surface area contributed by atoms with Crippen LogP contribution in [0.4, 0.5) is 16.3 Å². The number of nitrogens with one attached hydrogen (secondary N) is 2. The third kappa shape index (κ3) is 4.45. The molecule has 152 valence electrons. The molecular formula is C20H25N7O2. The van der Waals surface area contributed by atoms with Crippen molar-refractivity contribution in [3.8, 4) is 0 Å². The van der Waals surface area contributed by atoms with Gasteiger partial charge >= 0.3 is 6.03 Å². The highest BCUT2D eigenvalue weighted by Gasteiger charge is 2.26. The number of rotatable bonds is 6. The number of aromatic nitrogens is 4. The summed E-state index contributed by atoms with van der Waals surface area (Å²) in [7, 11) is 1.65. The Kier molecular flexibility index (Phi) is 5.85. The van der Waals surface area contributed by atoms with Crippen molar-refractivity contribution in [1.29, 1.82) is 0 Å². The van der Waals surface area contributed by atoms with Crippen molar-refractivity contribution in [1.82, 2.24) is 24.9 Å². The fourth-order valence-electron chi connectivity index (χ4n) is 3.69. The third-order valence-electron chi connectivity index (χ3n) is 5.03. The van der Waals surface area contributed by atoms with Crippen LogP contribution in [0.5, 0.6) is 0 Å². The van der Waals surface area contributed by atoms with Crippen molar-refractivity contribution in [2.45, 2.75) is 31.9 Å². The number of carbonyl (C=O) groups is 1. The molecule has 1 aliphatic rings. The summed E-state index contributed by atoms with van der Waals surface area (Å²) >= 11 is 0. The van der Waals surface area contributed by atoms with Crippen LogP contribution in [0.1, 0.15) is 25.0 Å². The van der Waals surface area contributed by atoms with Gasteiger partial charge in [0.2, 0.25) is 0 Å². The molecular weight excluding hydrogens is 370 g/mol. The van der Waals surface area contributed by atoms with Crippen molar-refractivity contribution >= 4 is 23.3 Å². The molecule has 1 aromatic carbocycles. The van der Waals surface area contributed by atoms with Crippen LogP contribution in [0.15, 0.2) is 42.7 Å². The Morgan fingerprint density at radius 1 is 1.28 bits per heavy atom. The SMILES string of the molecule is COCc1cc(N2CCCCC2CNC(=O)Nc2ccccc2)n2ncnc2n1. The maximum atomic E-state index is 12.3. The molecule has 9 nitrogen and oxygen atoms in total. The minimum atomic E-state index is -0.206. The Morgan fingerprint density at radius 3 is 2.97 bits per heavy atom. The van der Waals surface area contributed by atoms with Crippen LogP contribution in [0.3, 0.4) is 0 Å². The summed E-state index contributed by atoms with van der Waals surface area (Å²) in [6, 6.07) is 11.4. The van der Waals surface area contributed by atoms with Crippen molar-refractivity contribution in [3.05, 3.63) is 48.4 Å². The van der Waals surface area contributed by atoms with E-state index < -0.39 is 0 Å². The zero-order valence-electron chi connectivity index (χ0n) is 16.4. The number of ether oxygens (including phenoxy) is 1. The highest BCUT2D eigenvalue weighted by atomic mass is 16.5. The second-order valence-electron chi connectivity index (χ2n) is 7.05. The van der Waals surface area contributed by atoms with Crippen molar-refractivity contribution in [2.75, 3.05) is 30.4 Å². The minimum absolute atomic E-state index is 0.162. The summed E-state index contributed by atoms with van der Waals surface area (Å²) in [5, 5.41) is 10.2. The lowest BCUT2D eigenvalue weighted by molar-refractivity contribution is 0.181. The maximum Gasteiger partial charge on any atom is 0.319 e. The number of anilines is 2. The van der Waals surface area contributed by atoms with Crippen molar-refractivity contribution in [2.24, 2.45) is 0 Å². The summed E-state index contributed by atoms with van der Waals surface area (Å²) in [6.07, 6.45) is 4.71. The largest absolute Gasteiger partial charge is 0.378 e. The summed E-state index contributed by atoms with van der Waals surface area (Å²) in [5.41, 5.74) is 1.58. The van der Waals surface area contributed by atoms with Gasteiger partial charge in [0.05, 0.1) is 12.3 Å². The zero-order chi connectivity index (χ0) is 20.1. The number of amides is 2. The van der Waals surface area contributed by atoms with Gasteiger partial charge in [-0.3, -0.25) is 0 Å². The molecule has 0 bridgehead atoms. The monoisotopic (exact) mass is 395 g/mol. The van der Waals surface area contributed by atoms with Gasteiger partial charge in [0.1, 0.15) is 12.1 Å². The van der Waals surface area contributed by atoms with E-state index in [9.17, 15) is 4.79 Å². The van der Waals surface area contributed by atoms with Gasteiger partial charge in [0.25, 0.3) is 5.78 Å². The topological polar surface area (TPSA) is 96.7 Å². The Morgan fingerprint density at radius 2 is 2.14 bits per heavy atom. The van der Waals surface area contributed by atoms with Crippen LogP contribution >= 0.6 is 0 Å². The number of carbonyl (C=O) groups excluding carboxylic acids is 1. The number of nitrogens with zero attached hydrogens (tertiary/aromatic N) is 5. The van der Waals surface area contributed by atoms with Crippen LogP contribution in [0.25, 0.3) is 5.78 Å². The Labute approximate surface area is 169 Å². The molecule has 1 atom stereocenters. The minimum Gasteiger partial charge on any atom is -0.378 e. The maximum absolute atomic E-state index is 12.3. The van der Waals surface area contributed by atoms with Crippen LogP contribution < -0.4 is 15.5 Å². The molecule has 29 heavy (non-hydrogen) atoms. The number of hydrogen-bond acceptors (Lipinski definition) is 6. The van der Waals surface area contributed by atoms with Crippen molar-refractivity contribution < 1.29 is 9.53 Å². The molecule has 1 unspecified atom stereocenters. The van der Waals surface area contributed by atoms with Gasteiger partial charge < -0.3 is 20.3 Å². The normalized spacial score (nSPS) is 16.7. The Hall–Kier alpha value is -3.20. The summed E-state index contributed by atoms with van der Waals surface area (Å²) in [5.74, 6) is 1.48. The number of para-hydroxylation sites is 1. The first kappa shape index (κ1) is 19.1. The van der Waals surface area contributed by atoms with E-state index in [1.54, 1.807) is 11.6 Å². The molecule has 1 aliphatic heterocycles. The van der Waals surface area contributed by atoms with Crippen LogP contribution in [0.2, 0.25) is 0 Å². The van der Waals surface area contributed by atoms with E-state index in [4.69, 9.17) is 4.74 Å². The van der Waals surface area contributed by atoms with E-state index in [2.05, 4.69) is 30.6 Å². The predicted molar refractivity (Wildman–Crippen MR) is 110 cm³/mol. The molecule has 0 saturated carbocycles. The second kappa shape index (κ2) is 8.87. The summed E-state index contributed by atoms with van der Waals surface area (Å²) < 4.78 is 7.01. The number of urea groups is 1. The number of methoxy groups -OCH3 is 1. The number of benzene rings is 1. The van der Waals surface area contributed by atoms with Crippen molar-refractivity contribution in [3.63, 3.8) is 0 Å². The Bertz CT molecular complexity index is 960. The zero-order valence-corrected chi connectivity index (χ0v) is 16.4. The average molecular weight is 395 g/mol. The molecule has 3 heterocycles.